The Balaban J connectivity index is 2.82. The van der Waals surface area contributed by atoms with Gasteiger partial charge in [0.2, 0.25) is 0 Å². The Morgan fingerprint density at radius 2 is 1.87 bits per heavy atom. The van der Waals surface area contributed by atoms with Crippen LogP contribution in [0.1, 0.15) is 12.5 Å². The van der Waals surface area contributed by atoms with Gasteiger partial charge in [-0.1, -0.05) is 17.7 Å². The zero-order valence-electron chi connectivity index (χ0n) is 8.60. The van der Waals surface area contributed by atoms with E-state index in [0.29, 0.717) is 0 Å². The minimum Gasteiger partial charge on any atom is -0.265 e. The van der Waals surface area contributed by atoms with Crippen LogP contribution in [0.3, 0.4) is 0 Å². The smallest absolute Gasteiger partial charge is 0.265 e. The average Bonchev–Trinajstić information content (AvgIpc) is 2.16. The van der Waals surface area contributed by atoms with Gasteiger partial charge >= 0.3 is 0 Å². The monoisotopic (exact) mass is 248 g/mol. The molecule has 0 heterocycles. The molecular weight excluding hydrogens is 236 g/mol. The Labute approximate surface area is 95.1 Å². The van der Waals surface area contributed by atoms with Crippen molar-refractivity contribution in [3.8, 4) is 0 Å². The zero-order chi connectivity index (χ0) is 11.5. The second kappa shape index (κ2) is 4.96. The van der Waals surface area contributed by atoms with Crippen molar-refractivity contribution in [1.82, 2.24) is 0 Å². The number of hydrogen-bond donors (Lipinski definition) is 0. The van der Waals surface area contributed by atoms with Crippen LogP contribution in [0.4, 0.5) is 0 Å². The lowest BCUT2D eigenvalue weighted by Gasteiger charge is -2.06. The molecule has 1 rings (SSSR count). The maximum atomic E-state index is 11.6. The van der Waals surface area contributed by atoms with Gasteiger partial charge in [-0.15, -0.1) is 11.6 Å². The maximum Gasteiger partial charge on any atom is 0.297 e. The van der Waals surface area contributed by atoms with E-state index in [1.165, 1.54) is 12.1 Å². The quantitative estimate of drug-likeness (QED) is 0.607. The lowest BCUT2D eigenvalue weighted by molar-refractivity contribution is 0.320. The fourth-order valence-corrected chi connectivity index (χ4v) is 2.08. The molecule has 0 saturated carbocycles. The van der Waals surface area contributed by atoms with Gasteiger partial charge in [-0.25, -0.2) is 0 Å². The molecule has 15 heavy (non-hydrogen) atoms. The fraction of sp³-hybridized carbons (Fsp3) is 0.400. The summed E-state index contributed by atoms with van der Waals surface area (Å²) in [6, 6.07) is 6.48. The van der Waals surface area contributed by atoms with Crippen molar-refractivity contribution in [1.29, 1.82) is 0 Å². The van der Waals surface area contributed by atoms with E-state index in [1.54, 1.807) is 19.1 Å². The minimum atomic E-state index is -3.66. The van der Waals surface area contributed by atoms with Crippen LogP contribution in [-0.4, -0.2) is 20.4 Å². The molecule has 5 heteroatoms. The molecule has 0 N–H and O–H groups in total. The first-order valence-corrected chi connectivity index (χ1v) is 6.36. The molecule has 0 bridgehead atoms. The Hall–Kier alpha value is -0.580. The van der Waals surface area contributed by atoms with Gasteiger partial charge in [0.25, 0.3) is 10.1 Å². The van der Waals surface area contributed by atoms with Crippen molar-refractivity contribution in [2.75, 3.05) is 6.61 Å². The summed E-state index contributed by atoms with van der Waals surface area (Å²) < 4.78 is 27.9. The maximum absolute atomic E-state index is 11.6. The van der Waals surface area contributed by atoms with Crippen molar-refractivity contribution < 1.29 is 12.6 Å². The van der Waals surface area contributed by atoms with Crippen molar-refractivity contribution in [2.24, 2.45) is 0 Å². The van der Waals surface area contributed by atoms with Gasteiger partial charge in [0.1, 0.15) is 0 Å². The van der Waals surface area contributed by atoms with E-state index < -0.39 is 10.1 Å². The summed E-state index contributed by atoms with van der Waals surface area (Å²) in [6.45, 7) is 3.54. The third-order valence-corrected chi connectivity index (χ3v) is 3.18. The highest BCUT2D eigenvalue weighted by atomic mass is 35.5. The Kier molecular flexibility index (Phi) is 4.13. The van der Waals surface area contributed by atoms with Crippen LogP contribution >= 0.6 is 11.6 Å². The number of alkyl halides is 1. The summed E-state index contributed by atoms with van der Waals surface area (Å²) in [6.07, 6.45) is 0. The molecule has 0 spiro atoms. The highest BCUT2D eigenvalue weighted by Gasteiger charge is 2.15. The van der Waals surface area contributed by atoms with Gasteiger partial charge in [-0.3, -0.25) is 4.18 Å². The number of hydrogen-bond acceptors (Lipinski definition) is 3. The van der Waals surface area contributed by atoms with Crippen LogP contribution in [0.25, 0.3) is 0 Å². The summed E-state index contributed by atoms with van der Waals surface area (Å²) in [5.74, 6) is 0. The third kappa shape index (κ3) is 3.81. The van der Waals surface area contributed by atoms with Crippen molar-refractivity contribution in [2.45, 2.75) is 24.1 Å². The molecule has 0 fully saturated rings. The van der Waals surface area contributed by atoms with E-state index in [2.05, 4.69) is 0 Å². The second-order valence-corrected chi connectivity index (χ2v) is 5.69. The molecule has 0 saturated heterocycles. The van der Waals surface area contributed by atoms with Crippen molar-refractivity contribution >= 4 is 21.7 Å². The summed E-state index contributed by atoms with van der Waals surface area (Å²) in [7, 11) is -3.66. The predicted molar refractivity (Wildman–Crippen MR) is 59.6 cm³/mol. The molecule has 3 nitrogen and oxygen atoms in total. The van der Waals surface area contributed by atoms with Gasteiger partial charge < -0.3 is 0 Å². The van der Waals surface area contributed by atoms with E-state index >= 15 is 0 Å². The summed E-state index contributed by atoms with van der Waals surface area (Å²) in [5.41, 5.74) is 1.000. The Morgan fingerprint density at radius 1 is 1.33 bits per heavy atom. The lowest BCUT2D eigenvalue weighted by Crippen LogP contribution is -2.12. The van der Waals surface area contributed by atoms with Crippen molar-refractivity contribution in [3.05, 3.63) is 29.8 Å². The molecule has 0 aliphatic carbocycles. The first-order valence-electron chi connectivity index (χ1n) is 4.52. The molecule has 0 amide bonds. The highest BCUT2D eigenvalue weighted by Crippen LogP contribution is 2.13. The molecule has 0 radical (unpaired) electrons. The topological polar surface area (TPSA) is 43.4 Å². The molecule has 84 valence electrons. The molecule has 1 atom stereocenters. The molecule has 0 unspecified atom stereocenters. The molecule has 0 aliphatic heterocycles. The third-order valence-electron chi connectivity index (χ3n) is 1.76. The number of rotatable bonds is 4. The van der Waals surface area contributed by atoms with Crippen LogP contribution in [0.15, 0.2) is 29.2 Å². The second-order valence-electron chi connectivity index (χ2n) is 3.33. The van der Waals surface area contributed by atoms with Gasteiger partial charge in [-0.05, 0) is 26.0 Å². The van der Waals surface area contributed by atoms with E-state index in [-0.39, 0.29) is 16.9 Å². The predicted octanol–water partition coefficient (Wildman–Crippen LogP) is 2.33. The van der Waals surface area contributed by atoms with Gasteiger partial charge in [-0.2, -0.15) is 8.42 Å². The number of benzene rings is 1. The van der Waals surface area contributed by atoms with Gasteiger partial charge in [0.05, 0.1) is 16.9 Å². The van der Waals surface area contributed by atoms with Crippen molar-refractivity contribution in [3.63, 3.8) is 0 Å². The Bertz CT molecular complexity index is 409. The van der Waals surface area contributed by atoms with E-state index in [0.717, 1.165) is 5.56 Å². The summed E-state index contributed by atoms with van der Waals surface area (Å²) in [4.78, 5) is 0.158. The number of halogens is 1. The van der Waals surface area contributed by atoms with Crippen LogP contribution < -0.4 is 0 Å². The molecule has 0 aromatic heterocycles. The SMILES string of the molecule is Cc1ccc(S(=O)(=O)OC[C@H](C)Cl)cc1. The normalized spacial score (nSPS) is 13.8. The zero-order valence-corrected chi connectivity index (χ0v) is 10.2. The molecule has 1 aromatic rings. The first-order chi connectivity index (χ1) is 6.92. The molecular formula is C10H13ClO3S. The van der Waals surface area contributed by atoms with Crippen LogP contribution in [0, 0.1) is 6.92 Å². The summed E-state index contributed by atoms with van der Waals surface area (Å²) in [5, 5.41) is -0.328. The summed E-state index contributed by atoms with van der Waals surface area (Å²) >= 11 is 5.61. The number of aryl methyl sites for hydroxylation is 1. The van der Waals surface area contributed by atoms with E-state index in [1.807, 2.05) is 6.92 Å². The largest absolute Gasteiger partial charge is 0.297 e. The van der Waals surface area contributed by atoms with Crippen LogP contribution in [0.2, 0.25) is 0 Å². The van der Waals surface area contributed by atoms with Gasteiger partial charge in [0.15, 0.2) is 0 Å². The molecule has 0 aliphatic rings. The fourth-order valence-electron chi connectivity index (χ4n) is 0.956. The van der Waals surface area contributed by atoms with E-state index in [9.17, 15) is 8.42 Å². The Morgan fingerprint density at radius 3 is 2.33 bits per heavy atom. The lowest BCUT2D eigenvalue weighted by atomic mass is 10.2. The first kappa shape index (κ1) is 12.5. The highest BCUT2D eigenvalue weighted by molar-refractivity contribution is 7.86. The average molecular weight is 249 g/mol. The van der Waals surface area contributed by atoms with Gasteiger partial charge in [0, 0.05) is 0 Å². The van der Waals surface area contributed by atoms with Crippen LogP contribution in [-0.2, 0) is 14.3 Å². The minimum absolute atomic E-state index is 0.0161. The standard InChI is InChI=1S/C10H13ClO3S/c1-8-3-5-10(6-4-8)15(12,13)14-7-9(2)11/h3-6,9H,7H2,1-2H3/t9-/m0/s1. The molecule has 1 aromatic carbocycles. The van der Waals surface area contributed by atoms with E-state index in [4.69, 9.17) is 15.8 Å². The van der Waals surface area contributed by atoms with Crippen LogP contribution in [0.5, 0.6) is 0 Å².